The Morgan fingerprint density at radius 2 is 2.22 bits per heavy atom. The van der Waals surface area contributed by atoms with Gasteiger partial charge in [-0.3, -0.25) is 4.79 Å². The van der Waals surface area contributed by atoms with Crippen LogP contribution in [0.25, 0.3) is 11.2 Å². The fraction of sp³-hybridized carbons (Fsp3) is 0.455. The first-order valence-corrected chi connectivity index (χ1v) is 5.70. The summed E-state index contributed by atoms with van der Waals surface area (Å²) < 4.78 is 6.49. The number of carbonyl (C=O) groups is 1. The van der Waals surface area contributed by atoms with Crippen molar-refractivity contribution >= 4 is 23.0 Å². The molecule has 0 aliphatic rings. The maximum atomic E-state index is 11.0. The number of unbranched alkanes of at least 4 members (excludes halogenated alkanes) is 1. The molecule has 0 saturated carbocycles. The van der Waals surface area contributed by atoms with E-state index in [4.69, 9.17) is 5.73 Å². The van der Waals surface area contributed by atoms with Gasteiger partial charge in [0.2, 0.25) is 0 Å². The third-order valence-electron chi connectivity index (χ3n) is 2.69. The molecule has 96 valence electrons. The minimum Gasteiger partial charge on any atom is -0.469 e. The number of aryl methyl sites for hydroxylation is 1. The number of fused-ring (bicyclic) bond motifs is 1. The molecule has 0 bridgehead atoms. The van der Waals surface area contributed by atoms with Crippen molar-refractivity contribution in [1.82, 2.24) is 19.5 Å². The second-order valence-corrected chi connectivity index (χ2v) is 3.90. The van der Waals surface area contributed by atoms with Gasteiger partial charge in [-0.05, 0) is 12.8 Å². The Morgan fingerprint density at radius 3 is 3.00 bits per heavy atom. The Labute approximate surface area is 104 Å². The number of nitrogens with zero attached hydrogens (tertiary/aromatic N) is 4. The molecule has 0 atom stereocenters. The van der Waals surface area contributed by atoms with Crippen molar-refractivity contribution in [1.29, 1.82) is 0 Å². The zero-order chi connectivity index (χ0) is 13.0. The lowest BCUT2D eigenvalue weighted by Crippen LogP contribution is -2.02. The average Bonchev–Trinajstić information content (AvgIpc) is 2.79. The average molecular weight is 249 g/mol. The number of anilines is 1. The van der Waals surface area contributed by atoms with Gasteiger partial charge in [0.15, 0.2) is 11.5 Å². The Bertz CT molecular complexity index is 551. The van der Waals surface area contributed by atoms with Crippen molar-refractivity contribution in [3.8, 4) is 0 Å². The highest BCUT2D eigenvalue weighted by atomic mass is 16.5. The van der Waals surface area contributed by atoms with Crippen LogP contribution in [0.3, 0.4) is 0 Å². The lowest BCUT2D eigenvalue weighted by Gasteiger charge is -2.03. The van der Waals surface area contributed by atoms with E-state index in [1.807, 2.05) is 4.57 Å². The SMILES string of the molecule is COC(=O)CCCCn1cnc2c(N)ncnc21. The molecule has 7 heteroatoms. The van der Waals surface area contributed by atoms with E-state index >= 15 is 0 Å². The lowest BCUT2D eigenvalue weighted by molar-refractivity contribution is -0.140. The number of methoxy groups -OCH3 is 1. The van der Waals surface area contributed by atoms with E-state index < -0.39 is 0 Å². The maximum absolute atomic E-state index is 11.0. The van der Waals surface area contributed by atoms with E-state index in [2.05, 4.69) is 19.7 Å². The number of nitrogens with two attached hydrogens (primary N) is 1. The van der Waals surface area contributed by atoms with E-state index in [0.717, 1.165) is 25.0 Å². The van der Waals surface area contributed by atoms with Crippen LogP contribution < -0.4 is 5.73 Å². The molecule has 2 N–H and O–H groups in total. The van der Waals surface area contributed by atoms with E-state index in [-0.39, 0.29) is 5.97 Å². The summed E-state index contributed by atoms with van der Waals surface area (Å²) >= 11 is 0. The van der Waals surface area contributed by atoms with Gasteiger partial charge in [-0.25, -0.2) is 15.0 Å². The van der Waals surface area contributed by atoms with Gasteiger partial charge in [-0.1, -0.05) is 0 Å². The summed E-state index contributed by atoms with van der Waals surface area (Å²) in [7, 11) is 1.39. The first-order valence-electron chi connectivity index (χ1n) is 5.70. The highest BCUT2D eigenvalue weighted by molar-refractivity contribution is 5.81. The van der Waals surface area contributed by atoms with Crippen molar-refractivity contribution < 1.29 is 9.53 Å². The van der Waals surface area contributed by atoms with Gasteiger partial charge < -0.3 is 15.0 Å². The minimum atomic E-state index is -0.183. The van der Waals surface area contributed by atoms with Gasteiger partial charge in [0.05, 0.1) is 13.4 Å². The highest BCUT2D eigenvalue weighted by Crippen LogP contribution is 2.14. The third kappa shape index (κ3) is 2.55. The molecular weight excluding hydrogens is 234 g/mol. The Morgan fingerprint density at radius 1 is 1.39 bits per heavy atom. The maximum Gasteiger partial charge on any atom is 0.305 e. The van der Waals surface area contributed by atoms with Gasteiger partial charge in [0.1, 0.15) is 11.8 Å². The van der Waals surface area contributed by atoms with Crippen LogP contribution in [0, 0.1) is 0 Å². The normalized spacial score (nSPS) is 10.7. The molecule has 2 heterocycles. The quantitative estimate of drug-likeness (QED) is 0.620. The second kappa shape index (κ2) is 5.44. The summed E-state index contributed by atoms with van der Waals surface area (Å²) in [6.07, 6.45) is 5.16. The first-order chi connectivity index (χ1) is 8.72. The molecule has 0 aromatic carbocycles. The van der Waals surface area contributed by atoms with E-state index in [1.54, 1.807) is 6.33 Å². The number of imidazole rings is 1. The van der Waals surface area contributed by atoms with Crippen molar-refractivity contribution in [2.24, 2.45) is 0 Å². The van der Waals surface area contributed by atoms with Crippen LogP contribution in [-0.2, 0) is 16.1 Å². The Hall–Kier alpha value is -2.18. The number of rotatable bonds is 5. The molecular formula is C11H15N5O2. The topological polar surface area (TPSA) is 95.9 Å². The molecule has 0 aliphatic carbocycles. The molecule has 0 saturated heterocycles. The summed E-state index contributed by atoms with van der Waals surface area (Å²) in [5, 5.41) is 0. The van der Waals surface area contributed by atoms with Crippen LogP contribution in [0.15, 0.2) is 12.7 Å². The number of aromatic nitrogens is 4. The zero-order valence-electron chi connectivity index (χ0n) is 10.2. The number of esters is 1. The molecule has 18 heavy (non-hydrogen) atoms. The lowest BCUT2D eigenvalue weighted by atomic mass is 10.2. The van der Waals surface area contributed by atoms with Gasteiger partial charge in [-0.15, -0.1) is 0 Å². The van der Waals surface area contributed by atoms with Crippen LogP contribution >= 0.6 is 0 Å². The number of nitrogen functional groups attached to an aromatic ring is 1. The predicted molar refractivity (Wildman–Crippen MR) is 65.6 cm³/mol. The Balaban J connectivity index is 1.96. The molecule has 0 spiro atoms. The fourth-order valence-corrected chi connectivity index (χ4v) is 1.72. The largest absolute Gasteiger partial charge is 0.469 e. The molecule has 7 nitrogen and oxygen atoms in total. The number of hydrogen-bond donors (Lipinski definition) is 1. The number of ether oxygens (including phenoxy) is 1. The predicted octanol–water partition coefficient (Wildman–Crippen LogP) is 0.752. The van der Waals surface area contributed by atoms with E-state index in [1.165, 1.54) is 13.4 Å². The minimum absolute atomic E-state index is 0.183. The third-order valence-corrected chi connectivity index (χ3v) is 2.69. The molecule has 2 aromatic rings. The van der Waals surface area contributed by atoms with Gasteiger partial charge >= 0.3 is 5.97 Å². The summed E-state index contributed by atoms with van der Waals surface area (Å²) in [6, 6.07) is 0. The monoisotopic (exact) mass is 249 g/mol. The van der Waals surface area contributed by atoms with Gasteiger partial charge in [0.25, 0.3) is 0 Å². The van der Waals surface area contributed by atoms with Crippen molar-refractivity contribution in [3.63, 3.8) is 0 Å². The van der Waals surface area contributed by atoms with Crippen LogP contribution in [0.2, 0.25) is 0 Å². The van der Waals surface area contributed by atoms with Crippen LogP contribution in [0.4, 0.5) is 5.82 Å². The van der Waals surface area contributed by atoms with E-state index in [9.17, 15) is 4.79 Å². The van der Waals surface area contributed by atoms with Crippen LogP contribution in [-0.4, -0.2) is 32.6 Å². The molecule has 2 aromatic heterocycles. The summed E-state index contributed by atoms with van der Waals surface area (Å²) in [5.74, 6) is 0.199. The fourth-order valence-electron chi connectivity index (χ4n) is 1.72. The van der Waals surface area contributed by atoms with Crippen LogP contribution in [0.5, 0.6) is 0 Å². The molecule has 0 radical (unpaired) electrons. The summed E-state index contributed by atoms with van der Waals surface area (Å²) in [6.45, 7) is 0.740. The van der Waals surface area contributed by atoms with Gasteiger partial charge in [-0.2, -0.15) is 0 Å². The molecule has 2 rings (SSSR count). The smallest absolute Gasteiger partial charge is 0.305 e. The molecule has 0 fully saturated rings. The van der Waals surface area contributed by atoms with Crippen molar-refractivity contribution in [2.45, 2.75) is 25.8 Å². The van der Waals surface area contributed by atoms with Crippen molar-refractivity contribution in [3.05, 3.63) is 12.7 Å². The number of carbonyl (C=O) groups excluding carboxylic acids is 1. The van der Waals surface area contributed by atoms with E-state index in [0.29, 0.717) is 17.8 Å². The molecule has 0 amide bonds. The summed E-state index contributed by atoms with van der Waals surface area (Å²) in [4.78, 5) is 23.2. The van der Waals surface area contributed by atoms with Crippen molar-refractivity contribution in [2.75, 3.05) is 12.8 Å². The van der Waals surface area contributed by atoms with Crippen LogP contribution in [0.1, 0.15) is 19.3 Å². The first kappa shape index (κ1) is 12.3. The standard InChI is InChI=1S/C11H15N5O2/c1-18-8(17)4-2-3-5-16-7-15-9-10(12)13-6-14-11(9)16/h6-7H,2-5H2,1H3,(H2,12,13,14). The summed E-state index contributed by atoms with van der Waals surface area (Å²) in [5.41, 5.74) is 7.03. The zero-order valence-corrected chi connectivity index (χ0v) is 10.2. The molecule has 0 aliphatic heterocycles. The second-order valence-electron chi connectivity index (χ2n) is 3.90. The van der Waals surface area contributed by atoms with Gasteiger partial charge in [0, 0.05) is 13.0 Å². The highest BCUT2D eigenvalue weighted by Gasteiger charge is 2.07. The number of hydrogen-bond acceptors (Lipinski definition) is 6. The Kier molecular flexibility index (Phi) is 3.71. The molecule has 0 unspecified atom stereocenters.